The quantitative estimate of drug-likeness (QED) is 0.540. The molecule has 6 heteroatoms. The first-order valence-electron chi connectivity index (χ1n) is 5.32. The Morgan fingerprint density at radius 1 is 1.22 bits per heavy atom. The highest BCUT2D eigenvalue weighted by Crippen LogP contribution is 2.20. The van der Waals surface area contributed by atoms with E-state index in [4.69, 9.17) is 30.2 Å². The second-order valence-corrected chi connectivity index (χ2v) is 4.72. The zero-order valence-electron chi connectivity index (χ0n) is 9.81. The minimum Gasteiger partial charge on any atom is -0.376 e. The number of fused-ring (bicyclic) bond motifs is 1. The van der Waals surface area contributed by atoms with E-state index in [1.54, 1.807) is 0 Å². The fraction of sp³-hybridized carbons (Fsp3) is 0.0833. The molecule has 0 atom stereocenters. The van der Waals surface area contributed by atoms with Crippen LogP contribution in [-0.2, 0) is 7.05 Å². The number of hydrogen-bond donors (Lipinski definition) is 3. The third-order valence-corrected chi connectivity index (χ3v) is 2.72. The Bertz CT molecular complexity index is 625. The monoisotopic (exact) mass is 277 g/mol. The van der Waals surface area contributed by atoms with Crippen LogP contribution in [0.3, 0.4) is 0 Å². The predicted molar refractivity (Wildman–Crippen MR) is 81.3 cm³/mol. The number of rotatable bonds is 1. The summed E-state index contributed by atoms with van der Waals surface area (Å²) in [5.74, 6) is 0. The van der Waals surface area contributed by atoms with E-state index in [2.05, 4.69) is 10.6 Å². The van der Waals surface area contributed by atoms with E-state index < -0.39 is 0 Å². The van der Waals surface area contributed by atoms with Crippen molar-refractivity contribution in [1.29, 1.82) is 0 Å². The van der Waals surface area contributed by atoms with Crippen molar-refractivity contribution in [3.05, 3.63) is 36.7 Å². The minimum atomic E-state index is 0.150. The average Bonchev–Trinajstić information content (AvgIpc) is 2.27. The number of benzene rings is 1. The molecule has 0 unspecified atom stereocenters. The van der Waals surface area contributed by atoms with Gasteiger partial charge in [0, 0.05) is 10.8 Å². The number of aromatic nitrogens is 1. The Balaban J connectivity index is 2.38. The van der Waals surface area contributed by atoms with Crippen molar-refractivity contribution in [3.8, 4) is 0 Å². The van der Waals surface area contributed by atoms with Crippen LogP contribution in [0.2, 0.25) is 0 Å². The normalized spacial score (nSPS) is 10.1. The maximum atomic E-state index is 5.38. The molecule has 0 radical (unpaired) electrons. The maximum Gasteiger partial charge on any atom is 0.192 e. The van der Waals surface area contributed by atoms with Gasteiger partial charge in [0.25, 0.3) is 0 Å². The first-order valence-corrected chi connectivity index (χ1v) is 6.13. The molecule has 0 aliphatic heterocycles. The van der Waals surface area contributed by atoms with Crippen LogP contribution in [0.25, 0.3) is 10.8 Å². The maximum absolute atomic E-state index is 5.38. The molecule has 4 nitrogen and oxygen atoms in total. The molecule has 2 aromatic rings. The van der Waals surface area contributed by atoms with E-state index in [0.29, 0.717) is 5.11 Å². The van der Waals surface area contributed by atoms with Crippen LogP contribution in [0.1, 0.15) is 0 Å². The number of nitrogens with one attached hydrogen (secondary N) is 2. The molecule has 0 spiro atoms. The van der Waals surface area contributed by atoms with Crippen LogP contribution in [0.15, 0.2) is 36.7 Å². The van der Waals surface area contributed by atoms with Gasteiger partial charge in [-0.1, -0.05) is 18.2 Å². The first kappa shape index (κ1) is 12.7. The van der Waals surface area contributed by atoms with Crippen molar-refractivity contribution in [2.45, 2.75) is 0 Å². The molecular formula is C12H13N4S2+. The molecule has 0 amide bonds. The van der Waals surface area contributed by atoms with Crippen LogP contribution < -0.4 is 20.9 Å². The summed E-state index contributed by atoms with van der Waals surface area (Å²) in [5, 5.41) is 8.54. The van der Waals surface area contributed by atoms with Crippen LogP contribution in [0.4, 0.5) is 5.69 Å². The number of pyridine rings is 1. The highest BCUT2D eigenvalue weighted by molar-refractivity contribution is 7.82. The molecule has 1 aromatic heterocycles. The van der Waals surface area contributed by atoms with Gasteiger partial charge in [-0.2, -0.15) is 0 Å². The predicted octanol–water partition coefficient (Wildman–Crippen LogP) is 1.19. The molecule has 0 aliphatic carbocycles. The highest BCUT2D eigenvalue weighted by Gasteiger charge is 2.08. The summed E-state index contributed by atoms with van der Waals surface area (Å²) in [4.78, 5) is 0. The van der Waals surface area contributed by atoms with Crippen molar-refractivity contribution >= 4 is 51.1 Å². The third-order valence-electron chi connectivity index (χ3n) is 2.41. The summed E-state index contributed by atoms with van der Waals surface area (Å²) < 4.78 is 1.97. The lowest BCUT2D eigenvalue weighted by molar-refractivity contribution is -0.669. The Kier molecular flexibility index (Phi) is 3.69. The van der Waals surface area contributed by atoms with Gasteiger partial charge in [0.05, 0.1) is 0 Å². The zero-order chi connectivity index (χ0) is 13.1. The number of thiocarbonyl (C=S) groups is 2. The molecule has 0 saturated heterocycles. The third kappa shape index (κ3) is 2.91. The molecule has 18 heavy (non-hydrogen) atoms. The molecule has 0 saturated carbocycles. The first-order chi connectivity index (χ1) is 8.56. The molecule has 0 bridgehead atoms. The van der Waals surface area contributed by atoms with Crippen LogP contribution in [0.5, 0.6) is 0 Å². The van der Waals surface area contributed by atoms with E-state index in [0.717, 1.165) is 16.5 Å². The average molecular weight is 277 g/mol. The van der Waals surface area contributed by atoms with Gasteiger partial charge in [-0.15, -0.1) is 0 Å². The van der Waals surface area contributed by atoms with Gasteiger partial charge in [-0.25, -0.2) is 4.57 Å². The SMILES string of the molecule is C[n+]1cc(NC(=S)NC(N)=S)c2ccccc2c1. The van der Waals surface area contributed by atoms with Gasteiger partial charge in [0.1, 0.15) is 12.7 Å². The fourth-order valence-electron chi connectivity index (χ4n) is 1.75. The van der Waals surface area contributed by atoms with Crippen molar-refractivity contribution in [1.82, 2.24) is 5.32 Å². The Morgan fingerprint density at radius 2 is 1.94 bits per heavy atom. The van der Waals surface area contributed by atoms with E-state index in [1.807, 2.05) is 48.3 Å². The van der Waals surface area contributed by atoms with Gasteiger partial charge >= 0.3 is 0 Å². The van der Waals surface area contributed by atoms with Gasteiger partial charge in [-0.05, 0) is 30.5 Å². The van der Waals surface area contributed by atoms with Crippen LogP contribution in [0, 0.1) is 0 Å². The van der Waals surface area contributed by atoms with Crippen LogP contribution >= 0.6 is 24.4 Å². The molecule has 0 fully saturated rings. The van der Waals surface area contributed by atoms with E-state index in [9.17, 15) is 0 Å². The molecular weight excluding hydrogens is 264 g/mol. The minimum absolute atomic E-state index is 0.150. The topological polar surface area (TPSA) is 54.0 Å². The smallest absolute Gasteiger partial charge is 0.192 e. The number of aryl methyl sites for hydroxylation is 1. The van der Waals surface area contributed by atoms with Crippen LogP contribution in [-0.4, -0.2) is 10.2 Å². The lowest BCUT2D eigenvalue weighted by atomic mass is 10.1. The number of hydrogen-bond acceptors (Lipinski definition) is 2. The summed E-state index contributed by atoms with van der Waals surface area (Å²) in [6.07, 6.45) is 4.00. The van der Waals surface area contributed by atoms with E-state index in [1.165, 1.54) is 0 Å². The van der Waals surface area contributed by atoms with Gasteiger partial charge < -0.3 is 16.4 Å². The van der Waals surface area contributed by atoms with Crippen molar-refractivity contribution in [3.63, 3.8) is 0 Å². The van der Waals surface area contributed by atoms with E-state index >= 15 is 0 Å². The van der Waals surface area contributed by atoms with E-state index in [-0.39, 0.29) is 5.11 Å². The Morgan fingerprint density at radius 3 is 2.67 bits per heavy atom. The fourth-order valence-corrected chi connectivity index (χ4v) is 2.14. The van der Waals surface area contributed by atoms with Crippen molar-refractivity contribution in [2.24, 2.45) is 12.8 Å². The standard InChI is InChI=1S/C12H12N4S2/c1-16-6-8-4-2-3-5-9(8)10(7-16)14-12(18)15-11(13)17/h2-7H,1H3,(H3-,13,14,15,17,18)/p+1. The molecule has 4 N–H and O–H groups in total. The van der Waals surface area contributed by atoms with Crippen molar-refractivity contribution in [2.75, 3.05) is 5.32 Å². The van der Waals surface area contributed by atoms with Crippen molar-refractivity contribution < 1.29 is 4.57 Å². The molecule has 1 aromatic carbocycles. The summed E-state index contributed by atoms with van der Waals surface area (Å²) in [6, 6.07) is 8.06. The lowest BCUT2D eigenvalue weighted by Gasteiger charge is -2.09. The van der Waals surface area contributed by atoms with Gasteiger partial charge in [-0.3, -0.25) is 0 Å². The summed E-state index contributed by atoms with van der Waals surface area (Å²) >= 11 is 9.86. The lowest BCUT2D eigenvalue weighted by Crippen LogP contribution is -2.38. The van der Waals surface area contributed by atoms with Gasteiger partial charge in [0.15, 0.2) is 22.6 Å². The summed E-state index contributed by atoms with van der Waals surface area (Å²) in [5.41, 5.74) is 6.28. The summed E-state index contributed by atoms with van der Waals surface area (Å²) in [7, 11) is 1.96. The highest BCUT2D eigenvalue weighted by atomic mass is 32.1. The number of nitrogens with two attached hydrogens (primary N) is 1. The molecule has 2 rings (SSSR count). The second-order valence-electron chi connectivity index (χ2n) is 3.87. The van der Waals surface area contributed by atoms with Gasteiger partial charge in [0.2, 0.25) is 0 Å². The molecule has 0 aliphatic rings. The zero-order valence-corrected chi connectivity index (χ0v) is 11.4. The molecule has 1 heterocycles. The molecule has 92 valence electrons. The second kappa shape index (κ2) is 5.24. The Labute approximate surface area is 116 Å². The summed E-state index contributed by atoms with van der Waals surface area (Å²) in [6.45, 7) is 0. The number of anilines is 1. The Hall–Kier alpha value is -1.79. The largest absolute Gasteiger partial charge is 0.376 e. The number of nitrogens with zero attached hydrogens (tertiary/aromatic N) is 1.